The van der Waals surface area contributed by atoms with Crippen molar-refractivity contribution in [1.82, 2.24) is 4.98 Å². The molecule has 0 amide bonds. The van der Waals surface area contributed by atoms with Crippen molar-refractivity contribution in [2.24, 2.45) is 5.92 Å². The molecule has 0 saturated heterocycles. The van der Waals surface area contributed by atoms with Crippen LogP contribution in [-0.4, -0.2) is 38.3 Å². The molecular weight excluding hydrogens is 1080 g/mol. The monoisotopic (exact) mass is 1130 g/mol. The Kier molecular flexibility index (Phi) is 37.9. The molecule has 41 heavy (non-hydrogen) atoms. The SMILES string of the molecule is CC.CC.CCC(=O)OC(Cc1c(Cl)cncc1Cl)c1ccc(OC)c(OC)c1.CCC(C)CC(=O)OC.[W].[W].[W]. The van der Waals surface area contributed by atoms with Gasteiger partial charge in [-0.15, -0.1) is 0 Å². The van der Waals surface area contributed by atoms with E-state index in [1.807, 2.05) is 40.7 Å². The predicted molar refractivity (Wildman–Crippen MR) is 155 cm³/mol. The number of carbonyl (C=O) groups is 2. The maximum atomic E-state index is 11.9. The van der Waals surface area contributed by atoms with E-state index in [-0.39, 0.29) is 81.6 Å². The van der Waals surface area contributed by atoms with Crippen LogP contribution in [0.15, 0.2) is 30.6 Å². The van der Waals surface area contributed by atoms with Gasteiger partial charge in [0.15, 0.2) is 11.5 Å². The number of rotatable bonds is 10. The Balaban J connectivity index is -0.000000231. The minimum absolute atomic E-state index is 0. The normalized spacial score (nSPS) is 10.2. The Morgan fingerprint density at radius 1 is 0.854 bits per heavy atom. The summed E-state index contributed by atoms with van der Waals surface area (Å²) in [6, 6.07) is 5.35. The number of benzene rings is 1. The van der Waals surface area contributed by atoms with Crippen molar-refractivity contribution < 1.29 is 91.7 Å². The maximum Gasteiger partial charge on any atom is 0.306 e. The van der Waals surface area contributed by atoms with Crippen molar-refractivity contribution in [2.75, 3.05) is 21.3 Å². The molecule has 0 N–H and O–H groups in total. The molecule has 12 heteroatoms. The van der Waals surface area contributed by atoms with E-state index >= 15 is 0 Å². The van der Waals surface area contributed by atoms with Gasteiger partial charge in [-0.3, -0.25) is 14.6 Å². The molecule has 0 aliphatic rings. The molecule has 7 nitrogen and oxygen atoms in total. The second-order valence-electron chi connectivity index (χ2n) is 7.53. The molecule has 1 heterocycles. The molecule has 2 rings (SSSR count). The molecule has 0 aliphatic heterocycles. The quantitative estimate of drug-likeness (QED) is 0.222. The van der Waals surface area contributed by atoms with Crippen LogP contribution in [0.25, 0.3) is 0 Å². The summed E-state index contributed by atoms with van der Waals surface area (Å²) in [6.07, 6.45) is 4.63. The number of methoxy groups -OCH3 is 3. The molecule has 0 radical (unpaired) electrons. The minimum atomic E-state index is -0.565. The van der Waals surface area contributed by atoms with Crippen LogP contribution in [0.4, 0.5) is 0 Å². The number of hydrogen-bond donors (Lipinski definition) is 0. The van der Waals surface area contributed by atoms with Crippen LogP contribution in [0.2, 0.25) is 10.0 Å². The van der Waals surface area contributed by atoms with Gasteiger partial charge in [0.2, 0.25) is 0 Å². The molecule has 2 unspecified atom stereocenters. The Morgan fingerprint density at radius 2 is 1.37 bits per heavy atom. The van der Waals surface area contributed by atoms with E-state index in [4.69, 9.17) is 37.4 Å². The van der Waals surface area contributed by atoms with Gasteiger partial charge in [0.25, 0.3) is 0 Å². The van der Waals surface area contributed by atoms with Gasteiger partial charge >= 0.3 is 11.9 Å². The van der Waals surface area contributed by atoms with E-state index in [2.05, 4.69) is 16.6 Å². The predicted octanol–water partition coefficient (Wildman–Crippen LogP) is 8.28. The van der Waals surface area contributed by atoms with Gasteiger partial charge in [-0.2, -0.15) is 0 Å². The Labute approximate surface area is 300 Å². The standard InChI is InChI=1S/C18H19Cl2NO4.C7H14O2.2C2H6.3W/c1-4-18(22)25-16(8-12-13(19)9-21-10-14(12)20)11-5-6-15(23-2)17(7-11)24-3;1-4-6(2)5-7(8)9-3;2*1-2;;;/h5-7,9-10,16H,4,8H2,1-3H3;6H,4-5H2,1-3H3;2*1-2H3;;;. The van der Waals surface area contributed by atoms with Crippen molar-refractivity contribution in [1.29, 1.82) is 0 Å². The summed E-state index contributed by atoms with van der Waals surface area (Å²) in [4.78, 5) is 26.4. The zero-order chi connectivity index (χ0) is 29.7. The van der Waals surface area contributed by atoms with Crippen LogP contribution < -0.4 is 9.47 Å². The summed E-state index contributed by atoms with van der Waals surface area (Å²) >= 11 is 12.4. The fraction of sp³-hybridized carbons (Fsp3) is 0.552. The third kappa shape index (κ3) is 20.2. The van der Waals surface area contributed by atoms with E-state index in [0.29, 0.717) is 45.9 Å². The fourth-order valence-corrected chi connectivity index (χ4v) is 3.37. The van der Waals surface area contributed by atoms with Gasteiger partial charge in [-0.05, 0) is 29.2 Å². The van der Waals surface area contributed by atoms with Crippen molar-refractivity contribution >= 4 is 35.1 Å². The number of aromatic nitrogens is 1. The van der Waals surface area contributed by atoms with E-state index in [9.17, 15) is 9.59 Å². The van der Waals surface area contributed by atoms with Crippen molar-refractivity contribution in [2.45, 2.75) is 80.3 Å². The second kappa shape index (κ2) is 31.0. The molecule has 2 atom stereocenters. The van der Waals surface area contributed by atoms with Crippen LogP contribution in [0.5, 0.6) is 11.5 Å². The first-order chi connectivity index (χ1) is 18.2. The molecule has 0 aliphatic carbocycles. The molecule has 0 fully saturated rings. The van der Waals surface area contributed by atoms with Crippen LogP contribution >= 0.6 is 23.2 Å². The van der Waals surface area contributed by atoms with E-state index in [1.165, 1.54) is 19.5 Å². The van der Waals surface area contributed by atoms with E-state index in [1.54, 1.807) is 33.3 Å². The number of hydrogen-bond acceptors (Lipinski definition) is 7. The minimum Gasteiger partial charge on any atom is -0.493 e. The largest absolute Gasteiger partial charge is 0.493 e. The number of ether oxygens (including phenoxy) is 4. The molecule has 0 bridgehead atoms. The number of pyridine rings is 1. The Bertz CT molecular complexity index is 935. The molecular formula is C29H45Cl2NO6W3. The first-order valence-corrected chi connectivity index (χ1v) is 13.7. The zero-order valence-electron chi connectivity index (χ0n) is 25.7. The molecule has 2 aromatic rings. The van der Waals surface area contributed by atoms with Crippen LogP contribution in [0, 0.1) is 5.92 Å². The van der Waals surface area contributed by atoms with Gasteiger partial charge in [0, 0.05) is 94.9 Å². The summed E-state index contributed by atoms with van der Waals surface area (Å²) in [7, 11) is 4.53. The number of halogens is 2. The average molecular weight is 1130 g/mol. The summed E-state index contributed by atoms with van der Waals surface area (Å²) in [5, 5.41) is 0.844. The smallest absolute Gasteiger partial charge is 0.306 e. The van der Waals surface area contributed by atoms with Crippen molar-refractivity contribution in [3.05, 3.63) is 51.8 Å². The van der Waals surface area contributed by atoms with Crippen LogP contribution in [0.1, 0.15) is 85.0 Å². The number of carbonyl (C=O) groups excluding carboxylic acids is 2. The van der Waals surface area contributed by atoms with Gasteiger partial charge in [-0.25, -0.2) is 0 Å². The number of esters is 2. The summed E-state index contributed by atoms with van der Waals surface area (Å²) in [5.41, 5.74) is 1.42. The first kappa shape index (κ1) is 50.2. The average Bonchev–Trinajstić information content (AvgIpc) is 2.96. The third-order valence-corrected chi connectivity index (χ3v) is 5.77. The summed E-state index contributed by atoms with van der Waals surface area (Å²) in [6.45, 7) is 13.8. The number of nitrogens with zero attached hydrogens (tertiary/aromatic N) is 1. The van der Waals surface area contributed by atoms with Gasteiger partial charge in [0.1, 0.15) is 6.10 Å². The second-order valence-corrected chi connectivity index (χ2v) is 8.34. The summed E-state index contributed by atoms with van der Waals surface area (Å²) < 4.78 is 20.7. The third-order valence-electron chi connectivity index (χ3n) is 5.12. The van der Waals surface area contributed by atoms with Crippen LogP contribution in [-0.2, 0) is 88.7 Å². The maximum absolute atomic E-state index is 11.9. The molecule has 0 spiro atoms. The topological polar surface area (TPSA) is 84.0 Å². The van der Waals surface area contributed by atoms with E-state index < -0.39 is 6.10 Å². The summed E-state index contributed by atoms with van der Waals surface area (Å²) in [5.74, 6) is 1.17. The molecule has 1 aromatic carbocycles. The van der Waals surface area contributed by atoms with Gasteiger partial charge in [-0.1, -0.05) is 84.2 Å². The van der Waals surface area contributed by atoms with Gasteiger partial charge in [0.05, 0.1) is 31.4 Å². The first-order valence-electron chi connectivity index (χ1n) is 13.0. The van der Waals surface area contributed by atoms with E-state index in [0.717, 1.165) is 12.0 Å². The van der Waals surface area contributed by atoms with Crippen LogP contribution in [0.3, 0.4) is 0 Å². The Hall–Kier alpha value is -0.445. The molecule has 1 aromatic heterocycles. The fourth-order valence-electron chi connectivity index (χ4n) is 2.85. The molecule has 0 saturated carbocycles. The Morgan fingerprint density at radius 3 is 1.78 bits per heavy atom. The van der Waals surface area contributed by atoms with Gasteiger partial charge < -0.3 is 18.9 Å². The van der Waals surface area contributed by atoms with Crippen molar-refractivity contribution in [3.8, 4) is 11.5 Å². The molecule has 234 valence electrons. The zero-order valence-corrected chi connectivity index (χ0v) is 36.1. The van der Waals surface area contributed by atoms with Crippen molar-refractivity contribution in [3.63, 3.8) is 0 Å².